The van der Waals surface area contributed by atoms with Gasteiger partial charge in [-0.15, -0.1) is 0 Å². The fraction of sp³-hybridized carbons (Fsp3) is 0.216. The van der Waals surface area contributed by atoms with Crippen LogP contribution in [-0.4, -0.2) is 6.04 Å². The van der Waals surface area contributed by atoms with Crippen molar-refractivity contribution in [3.8, 4) is 11.1 Å². The number of anilines is 2. The van der Waals surface area contributed by atoms with Gasteiger partial charge in [0.2, 0.25) is 5.54 Å². The van der Waals surface area contributed by atoms with Gasteiger partial charge in [-0.1, -0.05) is 93.6 Å². The van der Waals surface area contributed by atoms with E-state index in [0.29, 0.717) is 5.92 Å². The minimum Gasteiger partial charge on any atom is -0.329 e. The minimum absolute atomic E-state index is 0.0894. The van der Waals surface area contributed by atoms with Gasteiger partial charge in [-0.2, -0.15) is 4.57 Å². The Kier molecular flexibility index (Phi) is 3.37. The molecule has 4 heterocycles. The third-order valence-corrected chi connectivity index (χ3v) is 10.9. The molecule has 0 radical (unpaired) electrons. The van der Waals surface area contributed by atoms with Crippen molar-refractivity contribution in [1.82, 2.24) is 0 Å². The lowest BCUT2D eigenvalue weighted by Crippen LogP contribution is -2.70. The van der Waals surface area contributed by atoms with E-state index >= 15 is 0 Å². The van der Waals surface area contributed by atoms with Gasteiger partial charge in [0.05, 0.1) is 17.2 Å². The minimum atomic E-state index is -0.296. The molecule has 2 aliphatic carbocycles. The summed E-state index contributed by atoms with van der Waals surface area (Å²) >= 11 is 0. The van der Waals surface area contributed by atoms with E-state index in [1.165, 1.54) is 56.0 Å². The molecule has 3 aliphatic heterocycles. The summed E-state index contributed by atoms with van der Waals surface area (Å²) in [6.45, 7) is 7.37. The van der Waals surface area contributed by atoms with Crippen LogP contribution in [0, 0.1) is 0 Å². The van der Waals surface area contributed by atoms with Crippen molar-refractivity contribution in [2.45, 2.75) is 49.6 Å². The number of hydrogen-bond donors (Lipinski definition) is 0. The lowest BCUT2D eigenvalue weighted by atomic mass is 9.56. The normalized spacial score (nSPS) is 26.3. The zero-order chi connectivity index (χ0) is 25.8. The Hall–Kier alpha value is -4.17. The van der Waals surface area contributed by atoms with Crippen LogP contribution in [0.1, 0.15) is 77.2 Å². The first-order valence-electron chi connectivity index (χ1n) is 14.4. The summed E-state index contributed by atoms with van der Waals surface area (Å²) in [4.78, 5) is 2.72. The molecular formula is C37H29N2+. The highest BCUT2D eigenvalue weighted by atomic mass is 15.3. The molecule has 2 heteroatoms. The van der Waals surface area contributed by atoms with Crippen molar-refractivity contribution in [2.75, 3.05) is 4.90 Å². The molecule has 4 aromatic carbocycles. The standard InChI is InChI=1S/C37H29N2/c1-21-22-11-6-7-15-28(22)39-30-17-10-14-26-33(30)37(35(21)39)34-27(36(26,2)3)19-18-25-23-12-4-5-13-24(23)31(32(25)34)29-16-8-9-20-38(29)37/h4-21,31,35H,1-3H3/q+1. The fourth-order valence-corrected chi connectivity index (χ4v) is 9.63. The lowest BCUT2D eigenvalue weighted by molar-refractivity contribution is -0.755. The van der Waals surface area contributed by atoms with Crippen LogP contribution in [0.25, 0.3) is 11.1 Å². The van der Waals surface area contributed by atoms with Gasteiger partial charge >= 0.3 is 0 Å². The smallest absolute Gasteiger partial charge is 0.242 e. The summed E-state index contributed by atoms with van der Waals surface area (Å²) < 4.78 is 2.72. The van der Waals surface area contributed by atoms with Crippen LogP contribution in [-0.2, 0) is 11.0 Å². The van der Waals surface area contributed by atoms with E-state index in [9.17, 15) is 0 Å². The summed E-state index contributed by atoms with van der Waals surface area (Å²) in [6.07, 6.45) is 2.40. The van der Waals surface area contributed by atoms with E-state index in [4.69, 9.17) is 0 Å². The van der Waals surface area contributed by atoms with E-state index in [-0.39, 0.29) is 22.9 Å². The number of pyridine rings is 1. The Bertz CT molecular complexity index is 1950. The molecule has 0 amide bonds. The molecule has 0 fully saturated rings. The highest BCUT2D eigenvalue weighted by molar-refractivity contribution is 5.90. The highest BCUT2D eigenvalue weighted by Crippen LogP contribution is 2.68. The molecule has 4 atom stereocenters. The largest absolute Gasteiger partial charge is 0.329 e. The summed E-state index contributed by atoms with van der Waals surface area (Å²) in [5.74, 6) is 0.642. The van der Waals surface area contributed by atoms with Crippen LogP contribution in [0.4, 0.5) is 11.4 Å². The fourth-order valence-electron chi connectivity index (χ4n) is 9.63. The molecular weight excluding hydrogens is 472 g/mol. The molecule has 5 aliphatic rings. The molecule has 0 N–H and O–H groups in total. The molecule has 1 aromatic heterocycles. The molecule has 2 nitrogen and oxygen atoms in total. The monoisotopic (exact) mass is 501 g/mol. The van der Waals surface area contributed by atoms with Gasteiger partial charge < -0.3 is 4.90 Å². The summed E-state index contributed by atoms with van der Waals surface area (Å²) in [5, 5.41) is 0. The molecule has 4 unspecified atom stereocenters. The Morgan fingerprint density at radius 2 is 1.41 bits per heavy atom. The van der Waals surface area contributed by atoms with Crippen LogP contribution < -0.4 is 9.47 Å². The maximum atomic E-state index is 2.72. The summed E-state index contributed by atoms with van der Waals surface area (Å²) in [6, 6.07) is 37.5. The first kappa shape index (κ1) is 20.7. The Morgan fingerprint density at radius 3 is 2.31 bits per heavy atom. The molecule has 5 aromatic rings. The van der Waals surface area contributed by atoms with Crippen LogP contribution in [0.5, 0.6) is 0 Å². The number of nitrogens with zero attached hydrogens (tertiary/aromatic N) is 2. The first-order valence-corrected chi connectivity index (χ1v) is 14.4. The van der Waals surface area contributed by atoms with E-state index in [0.717, 1.165) is 0 Å². The second-order valence-corrected chi connectivity index (χ2v) is 12.7. The number of rotatable bonds is 0. The third-order valence-electron chi connectivity index (χ3n) is 10.9. The molecule has 186 valence electrons. The van der Waals surface area contributed by atoms with Crippen molar-refractivity contribution < 1.29 is 4.57 Å². The lowest BCUT2D eigenvalue weighted by Gasteiger charge is -2.47. The van der Waals surface area contributed by atoms with Gasteiger partial charge in [-0.25, -0.2) is 0 Å². The number of benzene rings is 4. The van der Waals surface area contributed by atoms with Crippen LogP contribution in [0.2, 0.25) is 0 Å². The summed E-state index contributed by atoms with van der Waals surface area (Å²) in [5.41, 5.74) is 17.2. The van der Waals surface area contributed by atoms with E-state index in [2.05, 4.69) is 133 Å². The molecule has 1 spiro atoms. The number of fused-ring (bicyclic) bond motifs is 9. The van der Waals surface area contributed by atoms with E-state index in [1.54, 1.807) is 11.1 Å². The van der Waals surface area contributed by atoms with Crippen LogP contribution in [0.15, 0.2) is 103 Å². The van der Waals surface area contributed by atoms with Gasteiger partial charge in [0.1, 0.15) is 6.04 Å². The van der Waals surface area contributed by atoms with Crippen LogP contribution in [0.3, 0.4) is 0 Å². The zero-order valence-electron chi connectivity index (χ0n) is 22.4. The average molecular weight is 502 g/mol. The van der Waals surface area contributed by atoms with Crippen molar-refractivity contribution in [3.63, 3.8) is 0 Å². The van der Waals surface area contributed by atoms with Gasteiger partial charge in [0.25, 0.3) is 0 Å². The molecule has 39 heavy (non-hydrogen) atoms. The maximum Gasteiger partial charge on any atom is 0.242 e. The van der Waals surface area contributed by atoms with Gasteiger partial charge in [0.15, 0.2) is 11.9 Å². The topological polar surface area (TPSA) is 7.12 Å². The van der Waals surface area contributed by atoms with E-state index in [1.807, 2.05) is 0 Å². The molecule has 0 bridgehead atoms. The third kappa shape index (κ3) is 1.97. The molecule has 10 rings (SSSR count). The molecule has 0 saturated heterocycles. The van der Waals surface area contributed by atoms with Crippen molar-refractivity contribution in [2.24, 2.45) is 0 Å². The predicted octanol–water partition coefficient (Wildman–Crippen LogP) is 7.52. The second-order valence-electron chi connectivity index (χ2n) is 12.7. The highest BCUT2D eigenvalue weighted by Gasteiger charge is 2.72. The Morgan fingerprint density at radius 1 is 0.667 bits per heavy atom. The number of aromatic nitrogens is 1. The first-order chi connectivity index (χ1) is 19.1. The Balaban J connectivity index is 1.46. The second kappa shape index (κ2) is 6.34. The van der Waals surface area contributed by atoms with Crippen molar-refractivity contribution in [3.05, 3.63) is 148 Å². The van der Waals surface area contributed by atoms with Crippen LogP contribution >= 0.6 is 0 Å². The number of para-hydroxylation sites is 1. The van der Waals surface area contributed by atoms with Gasteiger partial charge in [0, 0.05) is 34.7 Å². The maximum absolute atomic E-state index is 2.72. The summed E-state index contributed by atoms with van der Waals surface area (Å²) in [7, 11) is 0. The zero-order valence-corrected chi connectivity index (χ0v) is 22.4. The molecule has 0 saturated carbocycles. The van der Waals surface area contributed by atoms with Gasteiger partial charge in [-0.05, 0) is 51.1 Å². The quantitative estimate of drug-likeness (QED) is 0.195. The SMILES string of the molecule is CC1c2ccccc2N2c3cccc4c3C3(c5c(ccc6c5C(c5ccccc5-6)c5cccc[n+]53)C4(C)C)C12. The predicted molar refractivity (Wildman–Crippen MR) is 155 cm³/mol. The Labute approximate surface area is 229 Å². The van der Waals surface area contributed by atoms with Crippen molar-refractivity contribution in [1.29, 1.82) is 0 Å². The van der Waals surface area contributed by atoms with Crippen molar-refractivity contribution >= 4 is 11.4 Å². The number of hydrogen-bond acceptors (Lipinski definition) is 1. The van der Waals surface area contributed by atoms with E-state index < -0.39 is 0 Å². The van der Waals surface area contributed by atoms with Gasteiger partial charge in [-0.3, -0.25) is 0 Å². The average Bonchev–Trinajstić information content (AvgIpc) is 3.57.